The van der Waals surface area contributed by atoms with Crippen molar-refractivity contribution in [2.24, 2.45) is 17.8 Å². The van der Waals surface area contributed by atoms with Gasteiger partial charge in [-0.2, -0.15) is 0 Å². The minimum Gasteiger partial charge on any atom is -0.478 e. The van der Waals surface area contributed by atoms with Crippen molar-refractivity contribution in [3.05, 3.63) is 35.4 Å². The third-order valence-corrected chi connectivity index (χ3v) is 4.58. The van der Waals surface area contributed by atoms with Crippen molar-refractivity contribution in [1.29, 1.82) is 0 Å². The van der Waals surface area contributed by atoms with Gasteiger partial charge in [0.15, 0.2) is 0 Å². The van der Waals surface area contributed by atoms with E-state index in [4.69, 9.17) is 5.11 Å². The first-order valence-corrected chi connectivity index (χ1v) is 6.54. The zero-order chi connectivity index (χ0) is 11.8. The number of rotatable bonds is 3. The lowest BCUT2D eigenvalue weighted by Gasteiger charge is -2.21. The van der Waals surface area contributed by atoms with Gasteiger partial charge in [0.1, 0.15) is 0 Å². The van der Waals surface area contributed by atoms with E-state index in [1.54, 1.807) is 12.1 Å². The summed E-state index contributed by atoms with van der Waals surface area (Å²) in [6, 6.07) is 7.42. The van der Waals surface area contributed by atoms with E-state index in [9.17, 15) is 4.79 Å². The third kappa shape index (κ3) is 2.08. The monoisotopic (exact) mass is 230 g/mol. The largest absolute Gasteiger partial charge is 0.478 e. The lowest BCUT2D eigenvalue weighted by molar-refractivity contribution is 0.0697. The first-order valence-electron chi connectivity index (χ1n) is 6.54. The molecule has 0 radical (unpaired) electrons. The predicted molar refractivity (Wildman–Crippen MR) is 66.0 cm³/mol. The van der Waals surface area contributed by atoms with Crippen LogP contribution in [0.25, 0.3) is 0 Å². The Bertz CT molecular complexity index is 421. The Balaban J connectivity index is 1.67. The summed E-state index contributed by atoms with van der Waals surface area (Å²) >= 11 is 0. The molecule has 1 aromatic carbocycles. The molecule has 0 amide bonds. The molecule has 0 saturated heterocycles. The van der Waals surface area contributed by atoms with Crippen LogP contribution in [0.4, 0.5) is 0 Å². The molecule has 17 heavy (non-hydrogen) atoms. The molecule has 2 heteroatoms. The number of fused-ring (bicyclic) bond motifs is 2. The van der Waals surface area contributed by atoms with Gasteiger partial charge in [-0.3, -0.25) is 0 Å². The van der Waals surface area contributed by atoms with Crippen molar-refractivity contribution in [1.82, 2.24) is 0 Å². The van der Waals surface area contributed by atoms with Crippen molar-refractivity contribution >= 4 is 5.97 Å². The molecule has 90 valence electrons. The quantitative estimate of drug-likeness (QED) is 0.864. The average molecular weight is 230 g/mol. The number of carbonyl (C=O) groups is 1. The fourth-order valence-corrected chi connectivity index (χ4v) is 3.71. The highest BCUT2D eigenvalue weighted by atomic mass is 16.4. The summed E-state index contributed by atoms with van der Waals surface area (Å²) in [5, 5.41) is 8.85. The van der Waals surface area contributed by atoms with E-state index in [0.29, 0.717) is 5.56 Å². The van der Waals surface area contributed by atoms with Crippen LogP contribution in [0, 0.1) is 17.8 Å². The van der Waals surface area contributed by atoms with E-state index < -0.39 is 5.97 Å². The minimum absolute atomic E-state index is 0.390. The minimum atomic E-state index is -0.837. The van der Waals surface area contributed by atoms with E-state index in [2.05, 4.69) is 0 Å². The molecule has 0 aromatic heterocycles. The van der Waals surface area contributed by atoms with Gasteiger partial charge in [0.2, 0.25) is 0 Å². The molecule has 2 nitrogen and oxygen atoms in total. The van der Waals surface area contributed by atoms with Crippen LogP contribution in [0.15, 0.2) is 24.3 Å². The molecule has 3 unspecified atom stereocenters. The predicted octanol–water partition coefficient (Wildman–Crippen LogP) is 3.36. The summed E-state index contributed by atoms with van der Waals surface area (Å²) in [4.78, 5) is 10.8. The number of hydrogen-bond acceptors (Lipinski definition) is 1. The molecule has 2 aliphatic carbocycles. The smallest absolute Gasteiger partial charge is 0.335 e. The molecule has 3 atom stereocenters. The lowest BCUT2D eigenvalue weighted by atomic mass is 9.84. The standard InChI is InChI=1S/C15H18O2/c16-15(17)12-4-1-10(2-5-12)7-14-9-11-3-6-13(14)8-11/h1-2,4-5,11,13-14H,3,6-9H2,(H,16,17). The molecule has 2 fully saturated rings. The average Bonchev–Trinajstić information content (AvgIpc) is 2.91. The maximum absolute atomic E-state index is 10.8. The molecule has 0 spiro atoms. The fraction of sp³-hybridized carbons (Fsp3) is 0.533. The molecule has 0 aliphatic heterocycles. The summed E-state index contributed by atoms with van der Waals surface area (Å²) in [6.07, 6.45) is 6.84. The van der Waals surface area contributed by atoms with Gasteiger partial charge in [-0.1, -0.05) is 18.6 Å². The van der Waals surface area contributed by atoms with E-state index in [0.717, 1.165) is 24.2 Å². The molecular weight excluding hydrogens is 212 g/mol. The van der Waals surface area contributed by atoms with Crippen molar-refractivity contribution < 1.29 is 9.90 Å². The van der Waals surface area contributed by atoms with Crippen LogP contribution in [0.2, 0.25) is 0 Å². The highest BCUT2D eigenvalue weighted by molar-refractivity contribution is 5.87. The molecular formula is C15H18O2. The van der Waals surface area contributed by atoms with Crippen LogP contribution in [-0.2, 0) is 6.42 Å². The highest BCUT2D eigenvalue weighted by Crippen LogP contribution is 2.49. The summed E-state index contributed by atoms with van der Waals surface area (Å²) in [5.74, 6) is 1.95. The van der Waals surface area contributed by atoms with Crippen LogP contribution in [0.1, 0.15) is 41.6 Å². The Morgan fingerprint density at radius 3 is 2.47 bits per heavy atom. The van der Waals surface area contributed by atoms with Crippen LogP contribution in [0.5, 0.6) is 0 Å². The number of aromatic carboxylic acids is 1. The number of hydrogen-bond donors (Lipinski definition) is 1. The van der Waals surface area contributed by atoms with E-state index >= 15 is 0 Å². The first-order chi connectivity index (χ1) is 8.22. The molecule has 2 aliphatic rings. The van der Waals surface area contributed by atoms with Crippen molar-refractivity contribution in [3.63, 3.8) is 0 Å². The normalized spacial score (nSPS) is 30.7. The maximum Gasteiger partial charge on any atom is 0.335 e. The van der Waals surface area contributed by atoms with E-state index in [1.807, 2.05) is 12.1 Å². The Morgan fingerprint density at radius 2 is 1.94 bits per heavy atom. The van der Waals surface area contributed by atoms with Gasteiger partial charge in [0.05, 0.1) is 5.56 Å². The zero-order valence-electron chi connectivity index (χ0n) is 9.93. The van der Waals surface area contributed by atoms with Crippen LogP contribution < -0.4 is 0 Å². The molecule has 2 bridgehead atoms. The van der Waals surface area contributed by atoms with E-state index in [-0.39, 0.29) is 0 Å². The Hall–Kier alpha value is -1.31. The third-order valence-electron chi connectivity index (χ3n) is 4.58. The van der Waals surface area contributed by atoms with Gasteiger partial charge < -0.3 is 5.11 Å². The maximum atomic E-state index is 10.8. The highest BCUT2D eigenvalue weighted by Gasteiger charge is 2.39. The van der Waals surface area contributed by atoms with Gasteiger partial charge in [-0.25, -0.2) is 4.79 Å². The second kappa shape index (κ2) is 4.17. The molecule has 0 heterocycles. The summed E-state index contributed by atoms with van der Waals surface area (Å²) < 4.78 is 0. The second-order valence-corrected chi connectivity index (χ2v) is 5.64. The van der Waals surface area contributed by atoms with Gasteiger partial charge >= 0.3 is 5.97 Å². The summed E-state index contributed by atoms with van der Waals surface area (Å²) in [6.45, 7) is 0. The number of carboxylic acids is 1. The Morgan fingerprint density at radius 1 is 1.18 bits per heavy atom. The van der Waals surface area contributed by atoms with Crippen molar-refractivity contribution in [2.45, 2.75) is 32.1 Å². The first kappa shape index (κ1) is 10.8. The molecule has 1 aromatic rings. The van der Waals surface area contributed by atoms with Crippen LogP contribution in [-0.4, -0.2) is 11.1 Å². The Kier molecular flexibility index (Phi) is 2.65. The SMILES string of the molecule is O=C(O)c1ccc(CC2CC3CCC2C3)cc1. The molecule has 2 saturated carbocycles. The molecule has 3 rings (SSSR count). The van der Waals surface area contributed by atoms with Crippen LogP contribution >= 0.6 is 0 Å². The topological polar surface area (TPSA) is 37.3 Å². The van der Waals surface area contributed by atoms with Crippen molar-refractivity contribution in [3.8, 4) is 0 Å². The number of carboxylic acid groups (broad SMARTS) is 1. The van der Waals surface area contributed by atoms with E-state index in [1.165, 1.54) is 31.2 Å². The summed E-state index contributed by atoms with van der Waals surface area (Å²) in [5.41, 5.74) is 1.69. The fourth-order valence-electron chi connectivity index (χ4n) is 3.71. The van der Waals surface area contributed by atoms with Crippen LogP contribution in [0.3, 0.4) is 0 Å². The van der Waals surface area contributed by atoms with Gasteiger partial charge in [0.25, 0.3) is 0 Å². The van der Waals surface area contributed by atoms with Gasteiger partial charge in [-0.05, 0) is 61.1 Å². The number of benzene rings is 1. The Labute approximate surface area is 102 Å². The second-order valence-electron chi connectivity index (χ2n) is 5.64. The van der Waals surface area contributed by atoms with Gasteiger partial charge in [0, 0.05) is 0 Å². The zero-order valence-corrected chi connectivity index (χ0v) is 9.93. The summed E-state index contributed by atoms with van der Waals surface area (Å²) in [7, 11) is 0. The molecule has 1 N–H and O–H groups in total. The lowest BCUT2D eigenvalue weighted by Crippen LogP contribution is -2.13. The van der Waals surface area contributed by atoms with Crippen molar-refractivity contribution in [2.75, 3.05) is 0 Å². The van der Waals surface area contributed by atoms with Gasteiger partial charge in [-0.15, -0.1) is 0 Å².